The fourth-order valence-corrected chi connectivity index (χ4v) is 2.12. The predicted molar refractivity (Wildman–Crippen MR) is 61.6 cm³/mol. The highest BCUT2D eigenvalue weighted by atomic mass is 15.2. The number of aryl methyl sites for hydroxylation is 2. The topological polar surface area (TPSA) is 29.9 Å². The molecule has 0 bridgehead atoms. The van der Waals surface area contributed by atoms with Crippen molar-refractivity contribution >= 4 is 0 Å². The SMILES string of the molecule is CCC1(CNCc2cn(C)nc2C)CC1. The summed E-state index contributed by atoms with van der Waals surface area (Å²) >= 11 is 0. The van der Waals surface area contributed by atoms with Gasteiger partial charge in [0.25, 0.3) is 0 Å². The molecule has 0 aromatic carbocycles. The molecule has 1 aromatic rings. The van der Waals surface area contributed by atoms with Gasteiger partial charge in [0, 0.05) is 31.9 Å². The number of hydrogen-bond donors (Lipinski definition) is 1. The van der Waals surface area contributed by atoms with Gasteiger partial charge < -0.3 is 5.32 Å². The lowest BCUT2D eigenvalue weighted by molar-refractivity contribution is 0.443. The number of nitrogens with one attached hydrogen (secondary N) is 1. The second-order valence-corrected chi connectivity index (χ2v) is 4.87. The molecule has 0 spiro atoms. The van der Waals surface area contributed by atoms with E-state index in [-0.39, 0.29) is 0 Å². The third-order valence-corrected chi connectivity index (χ3v) is 3.64. The highest BCUT2D eigenvalue weighted by Gasteiger charge is 2.39. The van der Waals surface area contributed by atoms with Gasteiger partial charge in [-0.3, -0.25) is 4.68 Å². The molecular weight excluding hydrogens is 186 g/mol. The average Bonchev–Trinajstić information content (AvgIpc) is 2.90. The van der Waals surface area contributed by atoms with Gasteiger partial charge in [-0.1, -0.05) is 6.92 Å². The summed E-state index contributed by atoms with van der Waals surface area (Å²) in [5.41, 5.74) is 3.10. The Hall–Kier alpha value is -0.830. The van der Waals surface area contributed by atoms with E-state index in [2.05, 4.69) is 30.5 Å². The molecule has 1 aliphatic carbocycles. The van der Waals surface area contributed by atoms with Crippen molar-refractivity contribution in [1.29, 1.82) is 0 Å². The lowest BCUT2D eigenvalue weighted by atomic mass is 10.0. The molecule has 2 rings (SSSR count). The first-order chi connectivity index (χ1) is 7.15. The largest absolute Gasteiger partial charge is 0.312 e. The zero-order valence-corrected chi connectivity index (χ0v) is 10.0. The summed E-state index contributed by atoms with van der Waals surface area (Å²) in [4.78, 5) is 0. The molecule has 0 amide bonds. The van der Waals surface area contributed by atoms with E-state index in [4.69, 9.17) is 0 Å². The zero-order chi connectivity index (χ0) is 10.9. The van der Waals surface area contributed by atoms with Gasteiger partial charge in [0.15, 0.2) is 0 Å². The van der Waals surface area contributed by atoms with E-state index < -0.39 is 0 Å². The van der Waals surface area contributed by atoms with E-state index in [9.17, 15) is 0 Å². The summed E-state index contributed by atoms with van der Waals surface area (Å²) in [6, 6.07) is 0. The van der Waals surface area contributed by atoms with Crippen LogP contribution in [0.4, 0.5) is 0 Å². The van der Waals surface area contributed by atoms with Crippen LogP contribution < -0.4 is 5.32 Å². The van der Waals surface area contributed by atoms with Gasteiger partial charge in [0.1, 0.15) is 0 Å². The molecule has 1 heterocycles. The highest BCUT2D eigenvalue weighted by molar-refractivity contribution is 5.14. The van der Waals surface area contributed by atoms with Gasteiger partial charge in [0.2, 0.25) is 0 Å². The number of aromatic nitrogens is 2. The molecule has 84 valence electrons. The standard InChI is InChI=1S/C12H21N3/c1-4-12(5-6-12)9-13-7-11-8-15(3)14-10(11)2/h8,13H,4-7,9H2,1-3H3. The summed E-state index contributed by atoms with van der Waals surface area (Å²) in [6.45, 7) is 6.49. The van der Waals surface area contributed by atoms with Crippen LogP contribution in [0, 0.1) is 12.3 Å². The smallest absolute Gasteiger partial charge is 0.0638 e. The number of hydrogen-bond acceptors (Lipinski definition) is 2. The molecule has 0 aliphatic heterocycles. The average molecular weight is 207 g/mol. The van der Waals surface area contributed by atoms with Gasteiger partial charge in [-0.05, 0) is 31.6 Å². The molecular formula is C12H21N3. The highest BCUT2D eigenvalue weighted by Crippen LogP contribution is 2.47. The van der Waals surface area contributed by atoms with Crippen molar-refractivity contribution in [3.05, 3.63) is 17.5 Å². The van der Waals surface area contributed by atoms with Crippen LogP contribution in [-0.4, -0.2) is 16.3 Å². The van der Waals surface area contributed by atoms with Gasteiger partial charge in [-0.2, -0.15) is 5.10 Å². The van der Waals surface area contributed by atoms with Crippen molar-refractivity contribution in [2.24, 2.45) is 12.5 Å². The van der Waals surface area contributed by atoms with Gasteiger partial charge >= 0.3 is 0 Å². The predicted octanol–water partition coefficient (Wildman–Crippen LogP) is 2.01. The summed E-state index contributed by atoms with van der Waals surface area (Å²) in [6.07, 6.45) is 6.23. The molecule has 0 unspecified atom stereocenters. The molecule has 0 saturated heterocycles. The molecule has 0 atom stereocenters. The summed E-state index contributed by atoms with van der Waals surface area (Å²) in [5, 5.41) is 7.89. The Bertz CT molecular complexity index is 337. The summed E-state index contributed by atoms with van der Waals surface area (Å²) in [7, 11) is 1.98. The van der Waals surface area contributed by atoms with E-state index in [0.29, 0.717) is 5.41 Å². The Balaban J connectivity index is 1.81. The molecule has 15 heavy (non-hydrogen) atoms. The molecule has 1 aliphatic rings. The third-order valence-electron chi connectivity index (χ3n) is 3.64. The summed E-state index contributed by atoms with van der Waals surface area (Å²) in [5.74, 6) is 0. The quantitative estimate of drug-likeness (QED) is 0.800. The first-order valence-corrected chi connectivity index (χ1v) is 5.85. The van der Waals surface area contributed by atoms with Crippen LogP contribution in [0.3, 0.4) is 0 Å². The molecule has 3 nitrogen and oxygen atoms in total. The first-order valence-electron chi connectivity index (χ1n) is 5.85. The third kappa shape index (κ3) is 2.40. The van der Waals surface area contributed by atoms with Gasteiger partial charge in [-0.15, -0.1) is 0 Å². The maximum atomic E-state index is 4.34. The van der Waals surface area contributed by atoms with Crippen molar-refractivity contribution in [2.45, 2.75) is 39.7 Å². The van der Waals surface area contributed by atoms with Crippen LogP contribution in [0.25, 0.3) is 0 Å². The van der Waals surface area contributed by atoms with Crippen molar-refractivity contribution in [1.82, 2.24) is 15.1 Å². The van der Waals surface area contributed by atoms with Crippen molar-refractivity contribution in [2.75, 3.05) is 6.54 Å². The molecule has 1 aromatic heterocycles. The molecule has 1 fully saturated rings. The minimum absolute atomic E-state index is 0.635. The monoisotopic (exact) mass is 207 g/mol. The van der Waals surface area contributed by atoms with E-state index in [0.717, 1.165) is 18.8 Å². The van der Waals surface area contributed by atoms with E-state index in [1.54, 1.807) is 0 Å². The van der Waals surface area contributed by atoms with Gasteiger partial charge in [0.05, 0.1) is 5.69 Å². The number of nitrogens with zero attached hydrogens (tertiary/aromatic N) is 2. The molecule has 1 N–H and O–H groups in total. The molecule has 0 radical (unpaired) electrons. The lowest BCUT2D eigenvalue weighted by Crippen LogP contribution is -2.23. The summed E-state index contributed by atoms with van der Waals surface area (Å²) < 4.78 is 1.89. The Kier molecular flexibility index (Phi) is 2.83. The zero-order valence-electron chi connectivity index (χ0n) is 10.0. The van der Waals surface area contributed by atoms with E-state index in [1.165, 1.54) is 24.8 Å². The molecule has 3 heteroatoms. The minimum atomic E-state index is 0.635. The van der Waals surface area contributed by atoms with E-state index in [1.807, 2.05) is 11.7 Å². The first kappa shape index (κ1) is 10.7. The van der Waals surface area contributed by atoms with Crippen LogP contribution in [0.1, 0.15) is 37.4 Å². The van der Waals surface area contributed by atoms with Crippen LogP contribution in [-0.2, 0) is 13.6 Å². The Morgan fingerprint density at radius 1 is 1.53 bits per heavy atom. The Morgan fingerprint density at radius 3 is 2.73 bits per heavy atom. The molecule has 1 saturated carbocycles. The Labute approximate surface area is 91.9 Å². The second-order valence-electron chi connectivity index (χ2n) is 4.87. The van der Waals surface area contributed by atoms with Crippen LogP contribution >= 0.6 is 0 Å². The fourth-order valence-electron chi connectivity index (χ4n) is 2.12. The van der Waals surface area contributed by atoms with Crippen LogP contribution in [0.2, 0.25) is 0 Å². The van der Waals surface area contributed by atoms with E-state index >= 15 is 0 Å². The maximum Gasteiger partial charge on any atom is 0.0638 e. The number of rotatable bonds is 5. The van der Waals surface area contributed by atoms with Crippen LogP contribution in [0.5, 0.6) is 0 Å². The Morgan fingerprint density at radius 2 is 2.27 bits per heavy atom. The minimum Gasteiger partial charge on any atom is -0.312 e. The van der Waals surface area contributed by atoms with Gasteiger partial charge in [-0.25, -0.2) is 0 Å². The lowest BCUT2D eigenvalue weighted by Gasteiger charge is -2.12. The van der Waals surface area contributed by atoms with Crippen molar-refractivity contribution in [3.8, 4) is 0 Å². The van der Waals surface area contributed by atoms with Crippen LogP contribution in [0.15, 0.2) is 6.20 Å². The van der Waals surface area contributed by atoms with Crippen molar-refractivity contribution < 1.29 is 0 Å². The second kappa shape index (κ2) is 3.97. The maximum absolute atomic E-state index is 4.34. The van der Waals surface area contributed by atoms with Crippen molar-refractivity contribution in [3.63, 3.8) is 0 Å². The normalized spacial score (nSPS) is 18.1. The fraction of sp³-hybridized carbons (Fsp3) is 0.750.